The zero-order valence-corrected chi connectivity index (χ0v) is 14.8. The van der Waals surface area contributed by atoms with Crippen molar-refractivity contribution in [2.24, 2.45) is 0 Å². The van der Waals surface area contributed by atoms with Gasteiger partial charge in [0.1, 0.15) is 9.84 Å². The molecule has 1 atom stereocenters. The second-order valence-corrected chi connectivity index (χ2v) is 9.13. The van der Waals surface area contributed by atoms with Gasteiger partial charge in [0.05, 0.1) is 5.75 Å². The van der Waals surface area contributed by atoms with E-state index in [0.29, 0.717) is 12.3 Å². The molecule has 2 heterocycles. The number of piperidine rings is 1. The third-order valence-corrected chi connectivity index (χ3v) is 5.77. The number of urea groups is 1. The Balaban J connectivity index is 1.75. The monoisotopic (exact) mass is 344 g/mol. The van der Waals surface area contributed by atoms with Crippen molar-refractivity contribution in [2.45, 2.75) is 38.1 Å². The number of rotatable bonds is 5. The van der Waals surface area contributed by atoms with Gasteiger partial charge in [-0.3, -0.25) is 0 Å². The Morgan fingerprint density at radius 1 is 1.45 bits per heavy atom. The summed E-state index contributed by atoms with van der Waals surface area (Å²) in [5, 5.41) is 7.18. The molecule has 7 heteroatoms. The standard InChI is InChI=1S/C15H24N2O3S2/c1-12(6-10-22(2,19)20)16-15(18)17-7-3-13(4-8-17)14-5-9-21-11-14/h5,9,11-13H,3-4,6-8,10H2,1-2H3,(H,16,18). The van der Waals surface area contributed by atoms with Crippen molar-refractivity contribution in [3.05, 3.63) is 22.4 Å². The molecule has 1 saturated heterocycles. The number of likely N-dealkylation sites (tertiary alicyclic amines) is 1. The molecule has 22 heavy (non-hydrogen) atoms. The first kappa shape index (κ1) is 17.3. The Bertz CT molecular complexity index is 576. The molecule has 1 aliphatic rings. The molecule has 2 amide bonds. The summed E-state index contributed by atoms with van der Waals surface area (Å²) in [5.74, 6) is 0.659. The van der Waals surface area contributed by atoms with Crippen LogP contribution in [0.5, 0.6) is 0 Å². The number of carbonyl (C=O) groups excluding carboxylic acids is 1. The third-order valence-electron chi connectivity index (χ3n) is 4.09. The fourth-order valence-corrected chi connectivity index (χ4v) is 4.21. The molecule has 0 aliphatic carbocycles. The van der Waals surface area contributed by atoms with Crippen molar-refractivity contribution in [2.75, 3.05) is 25.1 Å². The number of hydrogen-bond acceptors (Lipinski definition) is 4. The van der Waals surface area contributed by atoms with E-state index < -0.39 is 9.84 Å². The maximum absolute atomic E-state index is 12.2. The maximum atomic E-state index is 12.2. The zero-order chi connectivity index (χ0) is 16.2. The van der Waals surface area contributed by atoms with Crippen LogP contribution in [-0.4, -0.2) is 50.5 Å². The molecule has 1 unspecified atom stereocenters. The Morgan fingerprint density at radius 2 is 2.14 bits per heavy atom. The molecule has 0 saturated carbocycles. The van der Waals surface area contributed by atoms with Crippen LogP contribution in [0.2, 0.25) is 0 Å². The highest BCUT2D eigenvalue weighted by molar-refractivity contribution is 7.90. The van der Waals surface area contributed by atoms with E-state index in [9.17, 15) is 13.2 Å². The van der Waals surface area contributed by atoms with Crippen molar-refractivity contribution < 1.29 is 13.2 Å². The van der Waals surface area contributed by atoms with Crippen LogP contribution in [0.1, 0.15) is 37.7 Å². The summed E-state index contributed by atoms with van der Waals surface area (Å²) < 4.78 is 22.3. The second-order valence-electron chi connectivity index (χ2n) is 6.09. The van der Waals surface area contributed by atoms with Gasteiger partial charge in [-0.1, -0.05) is 0 Å². The minimum atomic E-state index is -2.98. The van der Waals surface area contributed by atoms with Gasteiger partial charge in [-0.05, 0) is 54.5 Å². The van der Waals surface area contributed by atoms with Crippen molar-refractivity contribution in [3.8, 4) is 0 Å². The van der Waals surface area contributed by atoms with E-state index in [1.54, 1.807) is 11.3 Å². The number of sulfone groups is 1. The first-order valence-corrected chi connectivity index (χ1v) is 10.6. The highest BCUT2D eigenvalue weighted by Crippen LogP contribution is 2.29. The Hall–Kier alpha value is -1.08. The van der Waals surface area contributed by atoms with Gasteiger partial charge < -0.3 is 10.2 Å². The molecule has 1 N–H and O–H groups in total. The zero-order valence-electron chi connectivity index (χ0n) is 13.1. The molecule has 1 aromatic heterocycles. The van der Waals surface area contributed by atoms with Gasteiger partial charge >= 0.3 is 6.03 Å². The number of nitrogens with zero attached hydrogens (tertiary/aromatic N) is 1. The predicted molar refractivity (Wildman–Crippen MR) is 90.2 cm³/mol. The minimum absolute atomic E-state index is 0.0789. The van der Waals surface area contributed by atoms with Crippen molar-refractivity contribution in [1.82, 2.24) is 10.2 Å². The molecule has 1 aliphatic heterocycles. The SMILES string of the molecule is CC(CCS(C)(=O)=O)NC(=O)N1CCC(c2ccsc2)CC1. The second kappa shape index (κ2) is 7.46. The fourth-order valence-electron chi connectivity index (χ4n) is 2.69. The van der Waals surface area contributed by atoms with Gasteiger partial charge in [-0.25, -0.2) is 13.2 Å². The van der Waals surface area contributed by atoms with Crippen LogP contribution in [0.25, 0.3) is 0 Å². The molecule has 0 spiro atoms. The van der Waals surface area contributed by atoms with Crippen LogP contribution in [-0.2, 0) is 9.84 Å². The normalized spacial score (nSPS) is 18.2. The summed E-state index contributed by atoms with van der Waals surface area (Å²) >= 11 is 1.71. The van der Waals surface area contributed by atoms with Crippen molar-refractivity contribution in [1.29, 1.82) is 0 Å². The first-order valence-electron chi connectivity index (χ1n) is 7.60. The molecule has 0 radical (unpaired) electrons. The minimum Gasteiger partial charge on any atom is -0.336 e. The molecular formula is C15H24N2O3S2. The molecule has 0 aromatic carbocycles. The summed E-state index contributed by atoms with van der Waals surface area (Å²) in [6.07, 6.45) is 3.65. The topological polar surface area (TPSA) is 66.5 Å². The van der Waals surface area contributed by atoms with Gasteiger partial charge in [-0.2, -0.15) is 11.3 Å². The van der Waals surface area contributed by atoms with Crippen LogP contribution in [0.15, 0.2) is 16.8 Å². The van der Waals surface area contributed by atoms with Crippen LogP contribution in [0, 0.1) is 0 Å². The van der Waals surface area contributed by atoms with Crippen LogP contribution >= 0.6 is 11.3 Å². The van der Waals surface area contributed by atoms with Crippen molar-refractivity contribution in [3.63, 3.8) is 0 Å². The Labute approximate surface area is 136 Å². The summed E-state index contributed by atoms with van der Waals surface area (Å²) in [7, 11) is -2.98. The average molecular weight is 345 g/mol. The lowest BCUT2D eigenvalue weighted by molar-refractivity contribution is 0.178. The fraction of sp³-hybridized carbons (Fsp3) is 0.667. The van der Waals surface area contributed by atoms with Crippen LogP contribution in [0.3, 0.4) is 0 Å². The maximum Gasteiger partial charge on any atom is 0.317 e. The lowest BCUT2D eigenvalue weighted by atomic mass is 9.91. The first-order chi connectivity index (χ1) is 10.3. The predicted octanol–water partition coefficient (Wildman–Crippen LogP) is 2.46. The Kier molecular flexibility index (Phi) is 5.86. The van der Waals surface area contributed by atoms with E-state index in [1.165, 1.54) is 11.8 Å². The summed E-state index contributed by atoms with van der Waals surface area (Å²) in [6.45, 7) is 3.36. The van der Waals surface area contributed by atoms with Gasteiger partial charge in [0.25, 0.3) is 0 Å². The smallest absolute Gasteiger partial charge is 0.317 e. The molecule has 124 valence electrons. The summed E-state index contributed by atoms with van der Waals surface area (Å²) in [5.41, 5.74) is 1.38. The van der Waals surface area contributed by atoms with E-state index in [0.717, 1.165) is 25.9 Å². The van der Waals surface area contributed by atoms with E-state index in [1.807, 2.05) is 11.8 Å². The van der Waals surface area contributed by atoms with Gasteiger partial charge in [0, 0.05) is 25.4 Å². The third kappa shape index (κ3) is 5.28. The molecular weight excluding hydrogens is 320 g/mol. The molecule has 0 bridgehead atoms. The van der Waals surface area contributed by atoms with Crippen LogP contribution in [0.4, 0.5) is 4.79 Å². The van der Waals surface area contributed by atoms with E-state index in [-0.39, 0.29) is 17.8 Å². The highest BCUT2D eigenvalue weighted by atomic mass is 32.2. The van der Waals surface area contributed by atoms with E-state index >= 15 is 0 Å². The number of thiophene rings is 1. The Morgan fingerprint density at radius 3 is 2.68 bits per heavy atom. The van der Waals surface area contributed by atoms with Gasteiger partial charge in [0.15, 0.2) is 0 Å². The largest absolute Gasteiger partial charge is 0.336 e. The van der Waals surface area contributed by atoms with Crippen molar-refractivity contribution >= 4 is 27.2 Å². The number of hydrogen-bond donors (Lipinski definition) is 1. The number of amides is 2. The molecule has 1 fully saturated rings. The van der Waals surface area contributed by atoms with E-state index in [4.69, 9.17) is 0 Å². The molecule has 2 rings (SSSR count). The number of nitrogens with one attached hydrogen (secondary N) is 1. The highest BCUT2D eigenvalue weighted by Gasteiger charge is 2.24. The number of carbonyl (C=O) groups is 1. The van der Waals surface area contributed by atoms with Gasteiger partial charge in [0.2, 0.25) is 0 Å². The molecule has 1 aromatic rings. The summed E-state index contributed by atoms with van der Waals surface area (Å²) in [6, 6.07) is 1.96. The lowest BCUT2D eigenvalue weighted by Crippen LogP contribution is -2.47. The lowest BCUT2D eigenvalue weighted by Gasteiger charge is -2.32. The van der Waals surface area contributed by atoms with Gasteiger partial charge in [-0.15, -0.1) is 0 Å². The summed E-state index contributed by atoms with van der Waals surface area (Å²) in [4.78, 5) is 14.0. The average Bonchev–Trinajstić information content (AvgIpc) is 2.99. The quantitative estimate of drug-likeness (QED) is 0.892. The van der Waals surface area contributed by atoms with E-state index in [2.05, 4.69) is 22.1 Å². The van der Waals surface area contributed by atoms with Crippen LogP contribution < -0.4 is 5.32 Å². The molecule has 5 nitrogen and oxygen atoms in total.